The Morgan fingerprint density at radius 1 is 1.21 bits per heavy atom. The predicted molar refractivity (Wildman–Crippen MR) is 88.1 cm³/mol. The van der Waals surface area contributed by atoms with Crippen molar-refractivity contribution in [3.05, 3.63) is 35.7 Å². The monoisotopic (exact) mass is 352 g/mol. The Morgan fingerprint density at radius 2 is 1.88 bits per heavy atom. The lowest BCUT2D eigenvalue weighted by atomic mass is 10.2. The van der Waals surface area contributed by atoms with E-state index in [9.17, 15) is 13.2 Å². The molecule has 0 bridgehead atoms. The molecule has 2 N–H and O–H groups in total. The number of nitrogens with zero attached hydrogens (tertiary/aromatic N) is 2. The lowest BCUT2D eigenvalue weighted by Gasteiger charge is -2.09. The lowest BCUT2D eigenvalue weighted by Crippen LogP contribution is -2.27. The first-order valence-electron chi connectivity index (χ1n) is 7.55. The third-order valence-corrected chi connectivity index (χ3v) is 4.54. The summed E-state index contributed by atoms with van der Waals surface area (Å²) in [7, 11) is -3.58. The Bertz CT molecular complexity index is 797. The van der Waals surface area contributed by atoms with Crippen LogP contribution in [0.3, 0.4) is 0 Å². The third-order valence-electron chi connectivity index (χ3n) is 3.10. The normalized spacial score (nSPS) is 11.7. The molecule has 0 saturated carbocycles. The van der Waals surface area contributed by atoms with Gasteiger partial charge in [-0.2, -0.15) is 0 Å². The molecule has 0 fully saturated rings. The fourth-order valence-electron chi connectivity index (χ4n) is 1.76. The van der Waals surface area contributed by atoms with Gasteiger partial charge in [0, 0.05) is 18.5 Å². The summed E-state index contributed by atoms with van der Waals surface area (Å²) in [6.07, 6.45) is 0.568. The highest BCUT2D eigenvalue weighted by Crippen LogP contribution is 2.13. The van der Waals surface area contributed by atoms with Crippen LogP contribution in [0.4, 0.5) is 6.01 Å². The Kier molecular flexibility index (Phi) is 5.68. The van der Waals surface area contributed by atoms with Gasteiger partial charge < -0.3 is 4.42 Å². The number of carbonyl (C=O) groups is 1. The molecule has 0 aliphatic heterocycles. The molecule has 2 rings (SSSR count). The molecule has 1 aromatic carbocycles. The molecule has 130 valence electrons. The largest absolute Gasteiger partial charge is 0.408 e. The maximum absolute atomic E-state index is 12.1. The Hall–Kier alpha value is -2.26. The van der Waals surface area contributed by atoms with Gasteiger partial charge in [0.1, 0.15) is 0 Å². The molecule has 1 heterocycles. The number of aromatic nitrogens is 2. The number of hydrogen-bond donors (Lipinski definition) is 2. The summed E-state index contributed by atoms with van der Waals surface area (Å²) >= 11 is 0. The predicted octanol–water partition coefficient (Wildman–Crippen LogP) is 1.82. The summed E-state index contributed by atoms with van der Waals surface area (Å²) < 4.78 is 31.9. The highest BCUT2D eigenvalue weighted by Gasteiger charge is 2.16. The van der Waals surface area contributed by atoms with Gasteiger partial charge in [-0.25, -0.2) is 13.1 Å². The Balaban J connectivity index is 2.06. The van der Waals surface area contributed by atoms with Crippen molar-refractivity contribution < 1.29 is 17.6 Å². The minimum absolute atomic E-state index is 0.00662. The van der Waals surface area contributed by atoms with E-state index in [-0.39, 0.29) is 22.4 Å². The second-order valence-electron chi connectivity index (χ2n) is 5.58. The van der Waals surface area contributed by atoms with Gasteiger partial charge in [0.2, 0.25) is 15.9 Å². The molecule has 0 spiro atoms. The third kappa shape index (κ3) is 4.62. The first-order chi connectivity index (χ1) is 11.3. The number of rotatable bonds is 7. The van der Waals surface area contributed by atoms with E-state index in [0.29, 0.717) is 18.9 Å². The number of nitrogens with one attached hydrogen (secondary N) is 2. The van der Waals surface area contributed by atoms with Gasteiger partial charge in [0.15, 0.2) is 0 Å². The van der Waals surface area contributed by atoms with Gasteiger partial charge in [-0.1, -0.05) is 25.9 Å². The standard InChI is InChI=1S/C15H20N4O4S/c1-4-13-18-19-15(23-13)17-14(20)11-5-7-12(8-6-11)24(21,22)16-9-10(2)3/h5-8,10,16H,4,9H2,1-3H3,(H,17,19,20). The molecule has 9 heteroatoms. The molecule has 24 heavy (non-hydrogen) atoms. The van der Waals surface area contributed by atoms with E-state index < -0.39 is 15.9 Å². The van der Waals surface area contributed by atoms with Crippen molar-refractivity contribution in [2.24, 2.45) is 5.92 Å². The first kappa shape index (κ1) is 18.1. The van der Waals surface area contributed by atoms with E-state index >= 15 is 0 Å². The summed E-state index contributed by atoms with van der Waals surface area (Å²) in [5.74, 6) is 0.163. The summed E-state index contributed by atoms with van der Waals surface area (Å²) in [6, 6.07) is 5.62. The van der Waals surface area contributed by atoms with Crippen LogP contribution in [0.15, 0.2) is 33.6 Å². The molecule has 1 amide bonds. The Labute approximate surface area is 140 Å². The average molecular weight is 352 g/mol. The lowest BCUT2D eigenvalue weighted by molar-refractivity contribution is 0.102. The molecule has 8 nitrogen and oxygen atoms in total. The topological polar surface area (TPSA) is 114 Å². The van der Waals surface area contributed by atoms with Crippen LogP contribution in [0, 0.1) is 5.92 Å². The van der Waals surface area contributed by atoms with Crippen molar-refractivity contribution in [3.63, 3.8) is 0 Å². The highest BCUT2D eigenvalue weighted by atomic mass is 32.2. The summed E-state index contributed by atoms with van der Waals surface area (Å²) in [5, 5.41) is 9.91. The van der Waals surface area contributed by atoms with Crippen molar-refractivity contribution >= 4 is 21.9 Å². The molecule has 1 aromatic heterocycles. The van der Waals surface area contributed by atoms with Crippen LogP contribution in [-0.4, -0.2) is 31.1 Å². The molecule has 0 aliphatic rings. The summed E-state index contributed by atoms with van der Waals surface area (Å²) in [4.78, 5) is 12.2. The number of benzene rings is 1. The molecule has 0 unspecified atom stereocenters. The van der Waals surface area contributed by atoms with Crippen molar-refractivity contribution in [2.75, 3.05) is 11.9 Å². The van der Waals surface area contributed by atoms with Crippen molar-refractivity contribution in [2.45, 2.75) is 32.1 Å². The number of sulfonamides is 1. The van der Waals surface area contributed by atoms with Crippen LogP contribution >= 0.6 is 0 Å². The molecule has 0 atom stereocenters. The van der Waals surface area contributed by atoms with Crippen LogP contribution in [0.1, 0.15) is 37.0 Å². The number of hydrogen-bond acceptors (Lipinski definition) is 6. The highest BCUT2D eigenvalue weighted by molar-refractivity contribution is 7.89. The van der Waals surface area contributed by atoms with E-state index in [0.717, 1.165) is 0 Å². The number of amides is 1. The zero-order valence-electron chi connectivity index (χ0n) is 13.7. The summed E-state index contributed by atoms with van der Waals surface area (Å²) in [6.45, 7) is 6.03. The van der Waals surface area contributed by atoms with Crippen molar-refractivity contribution in [1.29, 1.82) is 0 Å². The fourth-order valence-corrected chi connectivity index (χ4v) is 2.98. The van der Waals surface area contributed by atoms with Crippen LogP contribution in [0.25, 0.3) is 0 Å². The van der Waals surface area contributed by atoms with Gasteiger partial charge in [-0.05, 0) is 30.2 Å². The number of anilines is 1. The fraction of sp³-hybridized carbons (Fsp3) is 0.400. The minimum Gasteiger partial charge on any atom is -0.408 e. The van der Waals surface area contributed by atoms with Crippen LogP contribution < -0.4 is 10.0 Å². The molecule has 0 radical (unpaired) electrons. The zero-order valence-corrected chi connectivity index (χ0v) is 14.6. The van der Waals surface area contributed by atoms with E-state index in [1.165, 1.54) is 24.3 Å². The van der Waals surface area contributed by atoms with E-state index in [1.807, 2.05) is 20.8 Å². The van der Waals surface area contributed by atoms with Crippen LogP contribution in [-0.2, 0) is 16.4 Å². The zero-order chi connectivity index (χ0) is 17.7. The first-order valence-corrected chi connectivity index (χ1v) is 9.03. The molecule has 0 saturated heterocycles. The van der Waals surface area contributed by atoms with Gasteiger partial charge >= 0.3 is 6.01 Å². The van der Waals surface area contributed by atoms with Gasteiger partial charge in [0.25, 0.3) is 5.91 Å². The molecular weight excluding hydrogens is 332 g/mol. The van der Waals surface area contributed by atoms with Crippen LogP contribution in [0.5, 0.6) is 0 Å². The Morgan fingerprint density at radius 3 is 2.42 bits per heavy atom. The molecule has 2 aromatic rings. The average Bonchev–Trinajstić information content (AvgIpc) is 3.01. The quantitative estimate of drug-likeness (QED) is 0.785. The number of aryl methyl sites for hydroxylation is 1. The number of carbonyl (C=O) groups excluding carboxylic acids is 1. The van der Waals surface area contributed by atoms with E-state index in [4.69, 9.17) is 4.42 Å². The van der Waals surface area contributed by atoms with E-state index in [2.05, 4.69) is 20.2 Å². The van der Waals surface area contributed by atoms with Crippen molar-refractivity contribution in [3.8, 4) is 0 Å². The van der Waals surface area contributed by atoms with Crippen LogP contribution in [0.2, 0.25) is 0 Å². The van der Waals surface area contributed by atoms with Gasteiger partial charge in [-0.3, -0.25) is 10.1 Å². The SMILES string of the molecule is CCc1nnc(NC(=O)c2ccc(S(=O)(=O)NCC(C)C)cc2)o1. The van der Waals surface area contributed by atoms with E-state index in [1.54, 1.807) is 0 Å². The molecule has 0 aliphatic carbocycles. The maximum Gasteiger partial charge on any atom is 0.322 e. The minimum atomic E-state index is -3.58. The van der Waals surface area contributed by atoms with Gasteiger partial charge in [-0.15, -0.1) is 5.10 Å². The van der Waals surface area contributed by atoms with Crippen molar-refractivity contribution in [1.82, 2.24) is 14.9 Å². The second kappa shape index (κ2) is 7.54. The molecular formula is C15H20N4O4S. The second-order valence-corrected chi connectivity index (χ2v) is 7.35. The van der Waals surface area contributed by atoms with Gasteiger partial charge in [0.05, 0.1) is 4.90 Å². The summed E-state index contributed by atoms with van der Waals surface area (Å²) in [5.41, 5.74) is 0.286. The maximum atomic E-state index is 12.1. The smallest absolute Gasteiger partial charge is 0.322 e.